The summed E-state index contributed by atoms with van der Waals surface area (Å²) in [5, 5.41) is 2.91. The van der Waals surface area contributed by atoms with Gasteiger partial charge in [0.1, 0.15) is 22.2 Å². The number of hydrogen-bond donors (Lipinski definition) is 2. The third-order valence-corrected chi connectivity index (χ3v) is 4.60. The normalized spacial score (nSPS) is 11.6. The molecule has 1 aromatic heterocycles. The van der Waals surface area contributed by atoms with E-state index in [1.165, 1.54) is 18.2 Å². The number of nitrogens with one attached hydrogen (secondary N) is 2. The van der Waals surface area contributed by atoms with Crippen LogP contribution in [-0.2, 0) is 16.6 Å². The Morgan fingerprint density at radius 2 is 1.95 bits per heavy atom. The smallest absolute Gasteiger partial charge is 0.265 e. The Kier molecular flexibility index (Phi) is 4.34. The van der Waals surface area contributed by atoms with Crippen LogP contribution < -0.4 is 10.0 Å². The van der Waals surface area contributed by atoms with Gasteiger partial charge in [0, 0.05) is 12.1 Å². The van der Waals surface area contributed by atoms with Gasteiger partial charge in [0.15, 0.2) is 0 Å². The summed E-state index contributed by atoms with van der Waals surface area (Å²) < 4.78 is 46.0. The second-order valence-corrected chi connectivity index (χ2v) is 6.29. The van der Waals surface area contributed by atoms with E-state index in [2.05, 4.69) is 10.0 Å². The van der Waals surface area contributed by atoms with E-state index >= 15 is 0 Å². The maximum Gasteiger partial charge on any atom is 0.265 e. The van der Waals surface area contributed by atoms with Crippen LogP contribution in [0, 0.1) is 19.7 Å². The van der Waals surface area contributed by atoms with Gasteiger partial charge in [-0.05, 0) is 39.1 Å². The Labute approximate surface area is 123 Å². The average molecular weight is 312 g/mol. The molecular weight excluding hydrogens is 295 g/mol. The van der Waals surface area contributed by atoms with Crippen LogP contribution in [0.4, 0.5) is 10.1 Å². The lowest BCUT2D eigenvalue weighted by Gasteiger charge is -2.09. The first-order chi connectivity index (χ1) is 9.85. The van der Waals surface area contributed by atoms with Crippen molar-refractivity contribution in [2.45, 2.75) is 25.3 Å². The molecule has 0 aliphatic carbocycles. The largest absolute Gasteiger partial charge is 0.465 e. The van der Waals surface area contributed by atoms with Crippen molar-refractivity contribution in [1.29, 1.82) is 0 Å². The first-order valence-corrected chi connectivity index (χ1v) is 7.85. The quantitative estimate of drug-likeness (QED) is 0.890. The number of hydrogen-bond acceptors (Lipinski definition) is 4. The first-order valence-electron chi connectivity index (χ1n) is 6.37. The second kappa shape index (κ2) is 5.87. The lowest BCUT2D eigenvalue weighted by molar-refractivity contribution is 0.494. The molecule has 21 heavy (non-hydrogen) atoms. The molecule has 0 aliphatic rings. The van der Waals surface area contributed by atoms with E-state index in [-0.39, 0.29) is 10.6 Å². The van der Waals surface area contributed by atoms with Crippen LogP contribution in [0.25, 0.3) is 0 Å². The van der Waals surface area contributed by atoms with Gasteiger partial charge in [0.05, 0.1) is 5.69 Å². The Balaban J connectivity index is 2.45. The van der Waals surface area contributed by atoms with Gasteiger partial charge in [-0.15, -0.1) is 0 Å². The van der Waals surface area contributed by atoms with Crippen LogP contribution in [0.5, 0.6) is 0 Å². The molecule has 114 valence electrons. The number of rotatable bonds is 5. The fourth-order valence-electron chi connectivity index (χ4n) is 2.20. The molecule has 2 aromatic rings. The average Bonchev–Trinajstić information content (AvgIpc) is 2.64. The molecule has 0 amide bonds. The third kappa shape index (κ3) is 3.25. The minimum Gasteiger partial charge on any atom is -0.465 e. The Hall–Kier alpha value is -1.86. The molecule has 0 aliphatic heterocycles. The van der Waals surface area contributed by atoms with E-state index in [0.29, 0.717) is 23.6 Å². The number of halogens is 1. The summed E-state index contributed by atoms with van der Waals surface area (Å²) in [5.74, 6) is 0.342. The maximum absolute atomic E-state index is 13.2. The summed E-state index contributed by atoms with van der Waals surface area (Å²) in [4.78, 5) is 0.0959. The summed E-state index contributed by atoms with van der Waals surface area (Å²) in [6, 6.07) is 5.30. The lowest BCUT2D eigenvalue weighted by atomic mass is 10.2. The molecule has 0 saturated heterocycles. The third-order valence-electron chi connectivity index (χ3n) is 3.02. The molecule has 0 saturated carbocycles. The molecule has 0 fully saturated rings. The highest BCUT2D eigenvalue weighted by molar-refractivity contribution is 7.92. The van der Waals surface area contributed by atoms with Gasteiger partial charge in [-0.1, -0.05) is 6.07 Å². The molecule has 5 nitrogen and oxygen atoms in total. The van der Waals surface area contributed by atoms with Crippen LogP contribution in [0.1, 0.15) is 17.1 Å². The molecule has 0 atom stereocenters. The van der Waals surface area contributed by atoms with Crippen molar-refractivity contribution in [3.8, 4) is 0 Å². The van der Waals surface area contributed by atoms with Gasteiger partial charge in [-0.25, -0.2) is 12.8 Å². The van der Waals surface area contributed by atoms with Crippen molar-refractivity contribution in [1.82, 2.24) is 5.32 Å². The summed E-state index contributed by atoms with van der Waals surface area (Å²) in [6.07, 6.45) is 0. The van der Waals surface area contributed by atoms with Crippen LogP contribution in [0.15, 0.2) is 33.6 Å². The van der Waals surface area contributed by atoms with Crippen molar-refractivity contribution in [2.75, 3.05) is 11.8 Å². The minimum atomic E-state index is -3.84. The van der Waals surface area contributed by atoms with Gasteiger partial charge in [0.2, 0.25) is 0 Å². The molecule has 0 unspecified atom stereocenters. The van der Waals surface area contributed by atoms with Crippen LogP contribution in [0.3, 0.4) is 0 Å². The lowest BCUT2D eigenvalue weighted by Crippen LogP contribution is -2.17. The maximum atomic E-state index is 13.2. The topological polar surface area (TPSA) is 71.3 Å². The summed E-state index contributed by atoms with van der Waals surface area (Å²) in [7, 11) is -2.12. The number of aryl methyl sites for hydroxylation is 2. The first kappa shape index (κ1) is 15.5. The highest BCUT2D eigenvalue weighted by Gasteiger charge is 2.26. The van der Waals surface area contributed by atoms with Gasteiger partial charge in [-0.2, -0.15) is 0 Å². The summed E-state index contributed by atoms with van der Waals surface area (Å²) >= 11 is 0. The SMILES string of the molecule is CNCc1c(C)oc(C)c1S(=O)(=O)Nc1cccc(F)c1. The van der Waals surface area contributed by atoms with Crippen molar-refractivity contribution in [3.63, 3.8) is 0 Å². The number of furan rings is 1. The van der Waals surface area contributed by atoms with Gasteiger partial charge in [-0.3, -0.25) is 4.72 Å². The van der Waals surface area contributed by atoms with Gasteiger partial charge >= 0.3 is 0 Å². The van der Waals surface area contributed by atoms with Gasteiger partial charge in [0.25, 0.3) is 10.0 Å². The van der Waals surface area contributed by atoms with Crippen LogP contribution in [0.2, 0.25) is 0 Å². The molecule has 0 spiro atoms. The molecular formula is C14H17FN2O3S. The molecule has 1 heterocycles. The molecule has 1 aromatic carbocycles. The predicted molar refractivity (Wildman–Crippen MR) is 78.2 cm³/mol. The van der Waals surface area contributed by atoms with Crippen molar-refractivity contribution < 1.29 is 17.2 Å². The van der Waals surface area contributed by atoms with Crippen LogP contribution in [-0.4, -0.2) is 15.5 Å². The second-order valence-electron chi connectivity index (χ2n) is 4.67. The van der Waals surface area contributed by atoms with E-state index in [4.69, 9.17) is 4.42 Å². The summed E-state index contributed by atoms with van der Waals surface area (Å²) in [6.45, 7) is 3.66. The van der Waals surface area contributed by atoms with Crippen LogP contribution >= 0.6 is 0 Å². The summed E-state index contributed by atoms with van der Waals surface area (Å²) in [5.41, 5.74) is 0.738. The predicted octanol–water partition coefficient (Wildman–Crippen LogP) is 2.56. The number of benzene rings is 1. The van der Waals surface area contributed by atoms with Gasteiger partial charge < -0.3 is 9.73 Å². The van der Waals surface area contributed by atoms with Crippen molar-refractivity contribution in [3.05, 3.63) is 47.2 Å². The standard InChI is InChI=1S/C14H17FN2O3S/c1-9-13(8-16-3)14(10(2)20-9)21(18,19)17-12-6-4-5-11(15)7-12/h4-7,16-17H,8H2,1-3H3. The van der Waals surface area contributed by atoms with E-state index in [1.807, 2.05) is 0 Å². The fourth-order valence-corrected chi connectivity index (χ4v) is 3.70. The van der Waals surface area contributed by atoms with Crippen molar-refractivity contribution in [2.24, 2.45) is 0 Å². The monoisotopic (exact) mass is 312 g/mol. The van der Waals surface area contributed by atoms with E-state index < -0.39 is 15.8 Å². The Morgan fingerprint density at radius 1 is 1.24 bits per heavy atom. The minimum absolute atomic E-state index is 0.0959. The molecule has 2 rings (SSSR count). The molecule has 0 bridgehead atoms. The Bertz CT molecular complexity index is 754. The van der Waals surface area contributed by atoms with E-state index in [0.717, 1.165) is 6.07 Å². The zero-order valence-electron chi connectivity index (χ0n) is 12.0. The zero-order valence-corrected chi connectivity index (χ0v) is 12.8. The zero-order chi connectivity index (χ0) is 15.6. The molecule has 0 radical (unpaired) electrons. The highest BCUT2D eigenvalue weighted by atomic mass is 32.2. The number of anilines is 1. The fraction of sp³-hybridized carbons (Fsp3) is 0.286. The van der Waals surface area contributed by atoms with Crippen molar-refractivity contribution >= 4 is 15.7 Å². The molecule has 2 N–H and O–H groups in total. The van der Waals surface area contributed by atoms with E-state index in [1.54, 1.807) is 20.9 Å². The highest BCUT2D eigenvalue weighted by Crippen LogP contribution is 2.28. The van der Waals surface area contributed by atoms with E-state index in [9.17, 15) is 12.8 Å². The Morgan fingerprint density at radius 3 is 2.57 bits per heavy atom. The number of sulfonamides is 1. The molecule has 7 heteroatoms.